The van der Waals surface area contributed by atoms with Crippen molar-refractivity contribution >= 4 is 17.6 Å². The third-order valence-corrected chi connectivity index (χ3v) is 5.35. The third kappa shape index (κ3) is 5.83. The van der Waals surface area contributed by atoms with Crippen molar-refractivity contribution in [1.82, 2.24) is 5.01 Å². The van der Waals surface area contributed by atoms with Gasteiger partial charge in [0.15, 0.2) is 6.61 Å². The maximum absolute atomic E-state index is 12.9. The number of rotatable bonds is 10. The van der Waals surface area contributed by atoms with E-state index in [0.29, 0.717) is 25.2 Å². The number of amides is 1. The fourth-order valence-corrected chi connectivity index (χ4v) is 3.60. The molecule has 3 aromatic rings. The van der Waals surface area contributed by atoms with Crippen LogP contribution in [0.5, 0.6) is 11.5 Å². The molecule has 0 saturated heterocycles. The largest absolute Gasteiger partial charge is 0.497 e. The smallest absolute Gasteiger partial charge is 0.306 e. The van der Waals surface area contributed by atoms with Gasteiger partial charge < -0.3 is 18.6 Å². The molecule has 4 rings (SSSR count). The van der Waals surface area contributed by atoms with E-state index in [4.69, 9.17) is 18.6 Å². The molecule has 0 aliphatic carbocycles. The van der Waals surface area contributed by atoms with Crippen LogP contribution in [0.3, 0.4) is 0 Å². The van der Waals surface area contributed by atoms with Gasteiger partial charge in [-0.15, -0.1) is 0 Å². The van der Waals surface area contributed by atoms with E-state index in [0.717, 1.165) is 22.8 Å². The van der Waals surface area contributed by atoms with Crippen molar-refractivity contribution in [3.8, 4) is 11.5 Å². The number of ether oxygens (including phenoxy) is 3. The first-order valence-electron chi connectivity index (χ1n) is 11.0. The summed E-state index contributed by atoms with van der Waals surface area (Å²) < 4.78 is 21.5. The average molecular weight is 463 g/mol. The van der Waals surface area contributed by atoms with E-state index in [1.54, 1.807) is 25.5 Å². The lowest BCUT2D eigenvalue weighted by molar-refractivity contribution is -0.153. The molecule has 2 aromatic carbocycles. The summed E-state index contributed by atoms with van der Waals surface area (Å²) in [5, 5.41) is 5.86. The second-order valence-corrected chi connectivity index (χ2v) is 7.67. The molecule has 1 atom stereocenters. The summed E-state index contributed by atoms with van der Waals surface area (Å²) >= 11 is 0. The average Bonchev–Trinajstić information content (AvgIpc) is 3.56. The number of methoxy groups -OCH3 is 1. The molecule has 0 radical (unpaired) electrons. The molecule has 176 valence electrons. The maximum Gasteiger partial charge on any atom is 0.306 e. The number of esters is 1. The lowest BCUT2D eigenvalue weighted by Crippen LogP contribution is -2.31. The SMILES string of the molecule is COc1ccc(C2=NN(C(=O)COC(=O)CCCOc3ccccc3)C(c3ccco3)C2)cc1. The van der Waals surface area contributed by atoms with Gasteiger partial charge in [0.2, 0.25) is 0 Å². The van der Waals surface area contributed by atoms with E-state index < -0.39 is 24.5 Å². The second-order valence-electron chi connectivity index (χ2n) is 7.67. The number of carbonyl (C=O) groups is 2. The third-order valence-electron chi connectivity index (χ3n) is 5.35. The van der Waals surface area contributed by atoms with Crippen molar-refractivity contribution in [3.05, 3.63) is 84.3 Å². The van der Waals surface area contributed by atoms with Gasteiger partial charge in [-0.2, -0.15) is 5.10 Å². The van der Waals surface area contributed by atoms with E-state index in [9.17, 15) is 9.59 Å². The van der Waals surface area contributed by atoms with Crippen LogP contribution < -0.4 is 9.47 Å². The van der Waals surface area contributed by atoms with Gasteiger partial charge in [0.1, 0.15) is 23.3 Å². The van der Waals surface area contributed by atoms with Gasteiger partial charge in [0.25, 0.3) is 5.91 Å². The number of furan rings is 1. The molecule has 0 bridgehead atoms. The highest BCUT2D eigenvalue weighted by Gasteiger charge is 2.35. The number of carbonyl (C=O) groups excluding carboxylic acids is 2. The van der Waals surface area contributed by atoms with E-state index in [2.05, 4.69) is 5.10 Å². The highest BCUT2D eigenvalue weighted by atomic mass is 16.5. The van der Waals surface area contributed by atoms with Crippen LogP contribution in [0.25, 0.3) is 0 Å². The molecular formula is C26H26N2O6. The van der Waals surface area contributed by atoms with Crippen LogP contribution in [-0.2, 0) is 14.3 Å². The highest BCUT2D eigenvalue weighted by molar-refractivity contribution is 6.03. The molecule has 8 heteroatoms. The predicted molar refractivity (Wildman–Crippen MR) is 125 cm³/mol. The van der Waals surface area contributed by atoms with Crippen LogP contribution in [0.2, 0.25) is 0 Å². The summed E-state index contributed by atoms with van der Waals surface area (Å²) in [6.45, 7) is -0.00968. The van der Waals surface area contributed by atoms with Crippen molar-refractivity contribution in [2.75, 3.05) is 20.3 Å². The second kappa shape index (κ2) is 11.2. The minimum absolute atomic E-state index is 0.155. The molecule has 2 heterocycles. The fraction of sp³-hybridized carbons (Fsp3) is 0.269. The first-order valence-corrected chi connectivity index (χ1v) is 11.0. The normalized spacial score (nSPS) is 15.0. The molecule has 0 fully saturated rings. The van der Waals surface area contributed by atoms with Crippen molar-refractivity contribution in [1.29, 1.82) is 0 Å². The number of benzene rings is 2. The molecule has 1 unspecified atom stereocenters. The Morgan fingerprint density at radius 1 is 1.03 bits per heavy atom. The van der Waals surface area contributed by atoms with Crippen molar-refractivity contribution in [2.45, 2.75) is 25.3 Å². The molecular weight excluding hydrogens is 436 g/mol. The van der Waals surface area contributed by atoms with Gasteiger partial charge in [0.05, 0.1) is 25.7 Å². The van der Waals surface area contributed by atoms with Gasteiger partial charge in [-0.3, -0.25) is 9.59 Å². The first-order chi connectivity index (χ1) is 16.6. The minimum atomic E-state index is -0.460. The van der Waals surface area contributed by atoms with Crippen LogP contribution in [0, 0.1) is 0 Å². The Bertz CT molecular complexity index is 1110. The first kappa shape index (κ1) is 23.1. The van der Waals surface area contributed by atoms with Crippen LogP contribution in [-0.4, -0.2) is 42.9 Å². The number of para-hydroxylation sites is 1. The zero-order valence-electron chi connectivity index (χ0n) is 18.9. The van der Waals surface area contributed by atoms with E-state index >= 15 is 0 Å². The van der Waals surface area contributed by atoms with Crippen LogP contribution in [0.1, 0.15) is 36.6 Å². The molecule has 1 amide bonds. The minimum Gasteiger partial charge on any atom is -0.497 e. The standard InChI is InChI=1S/C26H26N2O6/c1-31-20-13-11-19(12-14-20)22-17-23(24-9-5-16-33-24)28(27-22)25(29)18-34-26(30)10-6-15-32-21-7-3-2-4-8-21/h2-5,7-9,11-14,16,23H,6,10,15,17-18H2,1H3. The number of nitrogens with zero attached hydrogens (tertiary/aromatic N) is 2. The highest BCUT2D eigenvalue weighted by Crippen LogP contribution is 2.33. The summed E-state index contributed by atoms with van der Waals surface area (Å²) in [6.07, 6.45) is 2.68. The molecule has 0 saturated carbocycles. The predicted octanol–water partition coefficient (Wildman–Crippen LogP) is 4.37. The Morgan fingerprint density at radius 2 is 1.82 bits per heavy atom. The number of hydrazone groups is 1. The summed E-state index contributed by atoms with van der Waals surface area (Å²) in [6, 6.07) is 20.0. The van der Waals surface area contributed by atoms with E-state index in [-0.39, 0.29) is 6.42 Å². The number of hydrogen-bond acceptors (Lipinski definition) is 7. The molecule has 1 aromatic heterocycles. The Hall–Kier alpha value is -4.07. The summed E-state index contributed by atoms with van der Waals surface area (Å²) in [7, 11) is 1.60. The molecule has 0 N–H and O–H groups in total. The Labute approximate surface area is 197 Å². The monoisotopic (exact) mass is 462 g/mol. The van der Waals surface area contributed by atoms with Crippen LogP contribution >= 0.6 is 0 Å². The topological polar surface area (TPSA) is 90.6 Å². The maximum atomic E-state index is 12.9. The van der Waals surface area contributed by atoms with Gasteiger partial charge >= 0.3 is 5.97 Å². The molecule has 1 aliphatic rings. The Balaban J connectivity index is 1.32. The van der Waals surface area contributed by atoms with Crippen LogP contribution in [0.4, 0.5) is 0 Å². The fourth-order valence-electron chi connectivity index (χ4n) is 3.60. The summed E-state index contributed by atoms with van der Waals surface area (Å²) in [5.74, 6) is 1.22. The van der Waals surface area contributed by atoms with Gasteiger partial charge in [0, 0.05) is 12.8 Å². The quantitative estimate of drug-likeness (QED) is 0.328. The van der Waals surface area contributed by atoms with E-state index in [1.165, 1.54) is 5.01 Å². The van der Waals surface area contributed by atoms with Crippen molar-refractivity contribution in [3.63, 3.8) is 0 Å². The molecule has 34 heavy (non-hydrogen) atoms. The number of hydrogen-bond donors (Lipinski definition) is 0. The summed E-state index contributed by atoms with van der Waals surface area (Å²) in [4.78, 5) is 25.0. The zero-order chi connectivity index (χ0) is 23.8. The Morgan fingerprint density at radius 3 is 2.53 bits per heavy atom. The Kier molecular flexibility index (Phi) is 7.60. The molecule has 0 spiro atoms. The van der Waals surface area contributed by atoms with Gasteiger partial charge in [-0.05, 0) is 60.5 Å². The summed E-state index contributed by atoms with van der Waals surface area (Å²) in [5.41, 5.74) is 1.62. The molecule has 8 nitrogen and oxygen atoms in total. The lowest BCUT2D eigenvalue weighted by Gasteiger charge is -2.19. The van der Waals surface area contributed by atoms with Crippen molar-refractivity contribution in [2.24, 2.45) is 5.10 Å². The lowest BCUT2D eigenvalue weighted by atomic mass is 10.0. The van der Waals surface area contributed by atoms with E-state index in [1.807, 2.05) is 54.6 Å². The van der Waals surface area contributed by atoms with Gasteiger partial charge in [-0.1, -0.05) is 18.2 Å². The zero-order valence-corrected chi connectivity index (χ0v) is 18.9. The molecule has 1 aliphatic heterocycles. The van der Waals surface area contributed by atoms with Gasteiger partial charge in [-0.25, -0.2) is 5.01 Å². The van der Waals surface area contributed by atoms with Crippen molar-refractivity contribution < 1.29 is 28.2 Å². The van der Waals surface area contributed by atoms with Crippen LogP contribution in [0.15, 0.2) is 82.5 Å².